The summed E-state index contributed by atoms with van der Waals surface area (Å²) in [7, 11) is 0. The van der Waals surface area contributed by atoms with Gasteiger partial charge >= 0.3 is 12.1 Å². The molecule has 0 fully saturated rings. The Labute approximate surface area is 201 Å². The van der Waals surface area contributed by atoms with E-state index in [0.29, 0.717) is 0 Å². The van der Waals surface area contributed by atoms with E-state index in [9.17, 15) is 18.8 Å². The molecule has 2 amide bonds. The van der Waals surface area contributed by atoms with Gasteiger partial charge < -0.3 is 20.5 Å². The van der Waals surface area contributed by atoms with Gasteiger partial charge in [0.2, 0.25) is 5.91 Å². The average molecular weight is 477 g/mol. The van der Waals surface area contributed by atoms with Crippen LogP contribution >= 0.6 is 0 Å². The van der Waals surface area contributed by atoms with E-state index in [4.69, 9.17) is 9.84 Å². The number of fused-ring (bicyclic) bond motifs is 3. The van der Waals surface area contributed by atoms with Crippen molar-refractivity contribution in [3.05, 3.63) is 95.3 Å². The van der Waals surface area contributed by atoms with Gasteiger partial charge in [0.05, 0.1) is 0 Å². The first-order valence-electron chi connectivity index (χ1n) is 11.3. The lowest BCUT2D eigenvalue weighted by Crippen LogP contribution is -2.47. The standard InChI is InChI=1S/C27H25FN2O5/c28-23-12-6-1-7-17(23)15-29-26(33)24(13-14-25(31)32)30-27(34)35-16-22-20-10-4-2-8-18(20)19-9-3-5-11-21(19)22/h1-12,22,24H,13-16H2,(H,29,33)(H,30,34)(H,31,32)/t24-/m0/s1. The normalized spacial score (nSPS) is 12.8. The SMILES string of the molecule is O=C(O)CC[C@H](NC(=O)OCC1c2ccccc2-c2ccccc21)C(=O)NCc1ccccc1F. The second kappa shape index (κ2) is 10.8. The van der Waals surface area contributed by atoms with Crippen molar-refractivity contribution in [3.8, 4) is 11.1 Å². The minimum atomic E-state index is -1.14. The maximum atomic E-state index is 13.8. The van der Waals surface area contributed by atoms with Gasteiger partial charge in [0, 0.05) is 24.4 Å². The lowest BCUT2D eigenvalue weighted by atomic mass is 9.98. The molecule has 0 aromatic heterocycles. The van der Waals surface area contributed by atoms with E-state index >= 15 is 0 Å². The number of aliphatic carboxylic acids is 1. The molecule has 0 saturated heterocycles. The Balaban J connectivity index is 1.39. The summed E-state index contributed by atoms with van der Waals surface area (Å²) in [5.41, 5.74) is 4.55. The Morgan fingerprint density at radius 2 is 1.51 bits per heavy atom. The highest BCUT2D eigenvalue weighted by Gasteiger charge is 2.30. The number of carboxylic acid groups (broad SMARTS) is 1. The van der Waals surface area contributed by atoms with Crippen LogP contribution < -0.4 is 10.6 Å². The smallest absolute Gasteiger partial charge is 0.407 e. The number of carbonyl (C=O) groups excluding carboxylic acids is 2. The zero-order valence-electron chi connectivity index (χ0n) is 18.9. The third-order valence-electron chi connectivity index (χ3n) is 6.01. The second-order valence-corrected chi connectivity index (χ2v) is 8.26. The van der Waals surface area contributed by atoms with Gasteiger partial charge in [-0.2, -0.15) is 0 Å². The maximum absolute atomic E-state index is 13.8. The molecule has 3 aromatic rings. The van der Waals surface area contributed by atoms with Gasteiger partial charge in [-0.15, -0.1) is 0 Å². The van der Waals surface area contributed by atoms with Crippen LogP contribution in [0.2, 0.25) is 0 Å². The zero-order chi connectivity index (χ0) is 24.8. The number of ether oxygens (including phenoxy) is 1. The number of benzene rings is 3. The first-order valence-corrected chi connectivity index (χ1v) is 11.3. The zero-order valence-corrected chi connectivity index (χ0v) is 18.9. The van der Waals surface area contributed by atoms with Crippen molar-refractivity contribution in [1.82, 2.24) is 10.6 Å². The lowest BCUT2D eigenvalue weighted by molar-refractivity contribution is -0.137. The van der Waals surface area contributed by atoms with E-state index in [2.05, 4.69) is 10.6 Å². The molecule has 0 bridgehead atoms. The van der Waals surface area contributed by atoms with Gasteiger partial charge in [0.15, 0.2) is 0 Å². The molecule has 180 valence electrons. The molecule has 35 heavy (non-hydrogen) atoms. The number of rotatable bonds is 9. The van der Waals surface area contributed by atoms with Crippen molar-refractivity contribution in [2.45, 2.75) is 31.3 Å². The summed E-state index contributed by atoms with van der Waals surface area (Å²) in [5, 5.41) is 14.0. The molecular formula is C27H25FN2O5. The van der Waals surface area contributed by atoms with E-state index in [1.807, 2.05) is 48.5 Å². The largest absolute Gasteiger partial charge is 0.481 e. The molecule has 1 aliphatic rings. The van der Waals surface area contributed by atoms with Crippen LogP contribution in [0.25, 0.3) is 11.1 Å². The molecule has 0 radical (unpaired) electrons. The fraction of sp³-hybridized carbons (Fsp3) is 0.222. The highest BCUT2D eigenvalue weighted by molar-refractivity contribution is 5.86. The number of carboxylic acids is 1. The van der Waals surface area contributed by atoms with E-state index in [0.717, 1.165) is 22.3 Å². The van der Waals surface area contributed by atoms with Gasteiger partial charge in [0.1, 0.15) is 18.5 Å². The third-order valence-corrected chi connectivity index (χ3v) is 6.01. The number of carbonyl (C=O) groups is 3. The summed E-state index contributed by atoms with van der Waals surface area (Å²) in [6, 6.07) is 20.6. The number of nitrogens with one attached hydrogen (secondary N) is 2. The van der Waals surface area contributed by atoms with Crippen molar-refractivity contribution in [3.63, 3.8) is 0 Å². The van der Waals surface area contributed by atoms with Gasteiger partial charge in [-0.3, -0.25) is 9.59 Å². The number of halogens is 1. The first kappa shape index (κ1) is 23.9. The molecule has 4 rings (SSSR count). The third kappa shape index (κ3) is 5.66. The number of hydrogen-bond acceptors (Lipinski definition) is 4. The highest BCUT2D eigenvalue weighted by Crippen LogP contribution is 2.44. The van der Waals surface area contributed by atoms with Crippen LogP contribution in [0.1, 0.15) is 35.4 Å². The van der Waals surface area contributed by atoms with Crippen molar-refractivity contribution < 1.29 is 28.6 Å². The van der Waals surface area contributed by atoms with Crippen LogP contribution in [0.15, 0.2) is 72.8 Å². The Bertz CT molecular complexity index is 1200. The summed E-state index contributed by atoms with van der Waals surface area (Å²) in [5.74, 6) is -2.35. The van der Waals surface area contributed by atoms with Gasteiger partial charge in [-0.25, -0.2) is 9.18 Å². The molecule has 1 atom stereocenters. The van der Waals surface area contributed by atoms with Gasteiger partial charge in [-0.05, 0) is 34.7 Å². The topological polar surface area (TPSA) is 105 Å². The molecule has 3 N–H and O–H groups in total. The number of hydrogen-bond donors (Lipinski definition) is 3. The molecule has 0 saturated carbocycles. The van der Waals surface area contributed by atoms with Crippen molar-refractivity contribution in [2.24, 2.45) is 0 Å². The molecule has 8 heteroatoms. The minimum absolute atomic E-state index is 0.0579. The summed E-state index contributed by atoms with van der Waals surface area (Å²) in [6.07, 6.45) is -1.30. The second-order valence-electron chi connectivity index (χ2n) is 8.26. The van der Waals surface area contributed by atoms with Crippen LogP contribution in [-0.4, -0.2) is 35.7 Å². The number of alkyl carbamates (subject to hydrolysis) is 1. The summed E-state index contributed by atoms with van der Waals surface area (Å²) in [4.78, 5) is 36.3. The summed E-state index contributed by atoms with van der Waals surface area (Å²) >= 11 is 0. The molecule has 1 aliphatic carbocycles. The fourth-order valence-electron chi connectivity index (χ4n) is 4.27. The van der Waals surface area contributed by atoms with Gasteiger partial charge in [0.25, 0.3) is 0 Å². The molecule has 0 aliphatic heterocycles. The highest BCUT2D eigenvalue weighted by atomic mass is 19.1. The van der Waals surface area contributed by atoms with E-state index in [-0.39, 0.29) is 37.5 Å². The van der Waals surface area contributed by atoms with Crippen LogP contribution in [0.5, 0.6) is 0 Å². The monoisotopic (exact) mass is 476 g/mol. The van der Waals surface area contributed by atoms with Crippen molar-refractivity contribution in [2.75, 3.05) is 6.61 Å². The predicted molar refractivity (Wildman–Crippen MR) is 127 cm³/mol. The van der Waals surface area contributed by atoms with Gasteiger partial charge in [-0.1, -0.05) is 66.7 Å². The molecule has 7 nitrogen and oxygen atoms in total. The van der Waals surface area contributed by atoms with E-state index < -0.39 is 29.8 Å². The van der Waals surface area contributed by atoms with Crippen LogP contribution in [-0.2, 0) is 20.9 Å². The minimum Gasteiger partial charge on any atom is -0.481 e. The molecule has 0 unspecified atom stereocenters. The molecule has 0 heterocycles. The average Bonchev–Trinajstić information content (AvgIpc) is 3.18. The van der Waals surface area contributed by atoms with Crippen molar-refractivity contribution >= 4 is 18.0 Å². The Kier molecular flexibility index (Phi) is 7.40. The Hall–Kier alpha value is -4.20. The van der Waals surface area contributed by atoms with Crippen LogP contribution in [0, 0.1) is 5.82 Å². The molecule has 0 spiro atoms. The first-order chi connectivity index (χ1) is 16.9. The summed E-state index contributed by atoms with van der Waals surface area (Å²) < 4.78 is 19.3. The Morgan fingerprint density at radius 1 is 0.914 bits per heavy atom. The molecule has 3 aromatic carbocycles. The van der Waals surface area contributed by atoms with Crippen LogP contribution in [0.4, 0.5) is 9.18 Å². The van der Waals surface area contributed by atoms with E-state index in [1.54, 1.807) is 6.07 Å². The predicted octanol–water partition coefficient (Wildman–Crippen LogP) is 4.21. The Morgan fingerprint density at radius 3 is 2.14 bits per heavy atom. The lowest BCUT2D eigenvalue weighted by Gasteiger charge is -2.19. The summed E-state index contributed by atoms with van der Waals surface area (Å²) in [6.45, 7) is -0.0379. The maximum Gasteiger partial charge on any atom is 0.407 e. The van der Waals surface area contributed by atoms with E-state index in [1.165, 1.54) is 18.2 Å². The molecular weight excluding hydrogens is 451 g/mol. The van der Waals surface area contributed by atoms with Crippen molar-refractivity contribution in [1.29, 1.82) is 0 Å². The van der Waals surface area contributed by atoms with Crippen LogP contribution in [0.3, 0.4) is 0 Å². The number of amides is 2. The quantitative estimate of drug-likeness (QED) is 0.429. The fourth-order valence-corrected chi connectivity index (χ4v) is 4.27.